The van der Waals surface area contributed by atoms with Gasteiger partial charge < -0.3 is 10.1 Å². The van der Waals surface area contributed by atoms with Crippen LogP contribution in [0.5, 0.6) is 0 Å². The van der Waals surface area contributed by atoms with Crippen LogP contribution in [0, 0.1) is 6.92 Å². The molecule has 5 nitrogen and oxygen atoms in total. The normalized spacial score (nSPS) is 17.4. The fraction of sp³-hybridized carbons (Fsp3) is 0.368. The van der Waals surface area contributed by atoms with Gasteiger partial charge >= 0.3 is 6.18 Å². The molecule has 3 aromatic rings. The molecule has 9 heteroatoms. The van der Waals surface area contributed by atoms with Crippen LogP contribution in [0.15, 0.2) is 30.3 Å². The fourth-order valence-electron chi connectivity index (χ4n) is 3.37. The zero-order chi connectivity index (χ0) is 19.9. The summed E-state index contributed by atoms with van der Waals surface area (Å²) >= 11 is 5.89. The third-order valence-electron chi connectivity index (χ3n) is 4.65. The molecule has 0 spiro atoms. The number of aromatic nitrogens is 3. The number of benzene rings is 1. The van der Waals surface area contributed by atoms with Gasteiger partial charge in [0.15, 0.2) is 11.3 Å². The van der Waals surface area contributed by atoms with Gasteiger partial charge in [-0.15, -0.1) is 0 Å². The number of anilines is 1. The molecule has 1 aliphatic heterocycles. The number of hydrogen-bond acceptors (Lipinski definition) is 4. The second-order valence-electron chi connectivity index (χ2n) is 6.76. The van der Waals surface area contributed by atoms with Gasteiger partial charge in [-0.25, -0.2) is 4.98 Å². The Morgan fingerprint density at radius 3 is 2.68 bits per heavy atom. The molecular formula is C19H18ClF3N4O. The Hall–Kier alpha value is -2.32. The van der Waals surface area contributed by atoms with Crippen molar-refractivity contribution in [3.05, 3.63) is 46.7 Å². The molecule has 1 N–H and O–H groups in total. The summed E-state index contributed by atoms with van der Waals surface area (Å²) in [6.07, 6.45) is -2.68. The number of halogens is 4. The molecule has 28 heavy (non-hydrogen) atoms. The number of fused-ring (bicyclic) bond motifs is 1. The van der Waals surface area contributed by atoms with E-state index in [0.29, 0.717) is 35.2 Å². The van der Waals surface area contributed by atoms with Gasteiger partial charge in [0.05, 0.1) is 11.7 Å². The topological polar surface area (TPSA) is 51.5 Å². The van der Waals surface area contributed by atoms with Crippen molar-refractivity contribution in [3.63, 3.8) is 0 Å². The van der Waals surface area contributed by atoms with E-state index in [1.807, 2.05) is 0 Å². The maximum Gasteiger partial charge on any atom is 0.435 e. The monoisotopic (exact) mass is 410 g/mol. The van der Waals surface area contributed by atoms with E-state index >= 15 is 0 Å². The highest BCUT2D eigenvalue weighted by Gasteiger charge is 2.39. The average molecular weight is 411 g/mol. The minimum atomic E-state index is -4.62. The van der Waals surface area contributed by atoms with Crippen LogP contribution in [0.2, 0.25) is 5.02 Å². The number of rotatable bonds is 4. The van der Waals surface area contributed by atoms with Crippen LogP contribution in [-0.4, -0.2) is 33.9 Å². The van der Waals surface area contributed by atoms with Crippen molar-refractivity contribution in [1.29, 1.82) is 0 Å². The van der Waals surface area contributed by atoms with E-state index in [9.17, 15) is 13.2 Å². The van der Waals surface area contributed by atoms with Crippen LogP contribution in [0.25, 0.3) is 16.8 Å². The number of nitrogens with one attached hydrogen (secondary N) is 1. The Morgan fingerprint density at radius 2 is 2.04 bits per heavy atom. The van der Waals surface area contributed by atoms with Gasteiger partial charge in [-0.05, 0) is 37.5 Å². The molecule has 148 valence electrons. The van der Waals surface area contributed by atoms with E-state index in [4.69, 9.17) is 16.3 Å². The SMILES string of the molecule is Cc1cc(NC[C@H]2CCCO2)n2nc(C(F)(F)F)c(-c3ccc(Cl)cc3)c2n1. The molecule has 2 aromatic heterocycles. The molecular weight excluding hydrogens is 393 g/mol. The Bertz CT molecular complexity index is 995. The highest BCUT2D eigenvalue weighted by Crippen LogP contribution is 2.39. The van der Waals surface area contributed by atoms with E-state index in [1.165, 1.54) is 16.6 Å². The van der Waals surface area contributed by atoms with Crippen molar-refractivity contribution < 1.29 is 17.9 Å². The van der Waals surface area contributed by atoms with Gasteiger partial charge in [-0.1, -0.05) is 23.7 Å². The summed E-state index contributed by atoms with van der Waals surface area (Å²) in [5, 5.41) is 7.47. The molecule has 1 aliphatic rings. The standard InChI is InChI=1S/C19H18ClF3N4O/c1-11-9-15(24-10-14-3-2-8-28-14)27-18(25-11)16(17(26-27)19(21,22)23)12-4-6-13(20)7-5-12/h4-7,9,14,24H,2-3,8,10H2,1H3/t14-/m1/s1. The zero-order valence-electron chi connectivity index (χ0n) is 15.1. The van der Waals surface area contributed by atoms with Crippen LogP contribution in [-0.2, 0) is 10.9 Å². The second-order valence-corrected chi connectivity index (χ2v) is 7.20. The second kappa shape index (κ2) is 7.25. The maximum absolute atomic E-state index is 13.7. The van der Waals surface area contributed by atoms with Crippen molar-refractivity contribution >= 4 is 23.1 Å². The number of ether oxygens (including phenoxy) is 1. The van der Waals surface area contributed by atoms with Gasteiger partial charge in [0.1, 0.15) is 5.82 Å². The Balaban J connectivity index is 1.85. The van der Waals surface area contributed by atoms with Crippen LogP contribution >= 0.6 is 11.6 Å². The van der Waals surface area contributed by atoms with Crippen molar-refractivity contribution in [1.82, 2.24) is 14.6 Å². The largest absolute Gasteiger partial charge is 0.435 e. The lowest BCUT2D eigenvalue weighted by atomic mass is 10.1. The van der Waals surface area contributed by atoms with Gasteiger partial charge in [0.2, 0.25) is 0 Å². The first-order chi connectivity index (χ1) is 13.3. The number of nitrogens with zero attached hydrogens (tertiary/aromatic N) is 3. The predicted molar refractivity (Wildman–Crippen MR) is 101 cm³/mol. The summed E-state index contributed by atoms with van der Waals surface area (Å²) in [5.41, 5.74) is 0.0479. The van der Waals surface area contributed by atoms with Crippen molar-refractivity contribution in [2.24, 2.45) is 0 Å². The summed E-state index contributed by atoms with van der Waals surface area (Å²) in [6, 6.07) is 7.86. The molecule has 0 amide bonds. The molecule has 1 fully saturated rings. The summed E-state index contributed by atoms with van der Waals surface area (Å²) in [7, 11) is 0. The molecule has 1 atom stereocenters. The minimum Gasteiger partial charge on any atom is -0.376 e. The van der Waals surface area contributed by atoms with Gasteiger partial charge in [0, 0.05) is 29.9 Å². The molecule has 0 unspecified atom stereocenters. The summed E-state index contributed by atoms with van der Waals surface area (Å²) in [4.78, 5) is 4.35. The summed E-state index contributed by atoms with van der Waals surface area (Å²) in [5.74, 6) is 0.448. The molecule has 1 saturated heterocycles. The van der Waals surface area contributed by atoms with Crippen molar-refractivity contribution in [2.45, 2.75) is 32.0 Å². The van der Waals surface area contributed by atoms with Gasteiger partial charge in [-0.2, -0.15) is 22.8 Å². The molecule has 0 radical (unpaired) electrons. The van der Waals surface area contributed by atoms with E-state index in [0.717, 1.165) is 12.8 Å². The van der Waals surface area contributed by atoms with Gasteiger partial charge in [-0.3, -0.25) is 0 Å². The highest BCUT2D eigenvalue weighted by atomic mass is 35.5. The fourth-order valence-corrected chi connectivity index (χ4v) is 3.50. The Kier molecular flexibility index (Phi) is 4.93. The summed E-state index contributed by atoms with van der Waals surface area (Å²) < 4.78 is 48.0. The zero-order valence-corrected chi connectivity index (χ0v) is 15.8. The molecule has 4 rings (SSSR count). The van der Waals surface area contributed by atoms with E-state index in [1.54, 1.807) is 25.1 Å². The molecule has 0 bridgehead atoms. The number of alkyl halides is 3. The van der Waals surface area contributed by atoms with Crippen molar-refractivity contribution in [2.75, 3.05) is 18.5 Å². The maximum atomic E-state index is 13.7. The minimum absolute atomic E-state index is 0.0388. The first-order valence-corrected chi connectivity index (χ1v) is 9.30. The lowest BCUT2D eigenvalue weighted by molar-refractivity contribution is -0.140. The Labute approximate surface area is 164 Å². The molecule has 0 saturated carbocycles. The first-order valence-electron chi connectivity index (χ1n) is 8.92. The quantitative estimate of drug-likeness (QED) is 0.660. The van der Waals surface area contributed by atoms with E-state index < -0.39 is 11.9 Å². The summed E-state index contributed by atoms with van der Waals surface area (Å²) in [6.45, 7) is 2.94. The van der Waals surface area contributed by atoms with Crippen LogP contribution in [0.4, 0.5) is 19.0 Å². The molecule has 3 heterocycles. The third kappa shape index (κ3) is 3.66. The first kappa shape index (κ1) is 19.0. The smallest absolute Gasteiger partial charge is 0.376 e. The molecule has 0 aliphatic carbocycles. The van der Waals surface area contributed by atoms with Crippen LogP contribution < -0.4 is 5.32 Å². The van der Waals surface area contributed by atoms with Gasteiger partial charge in [0.25, 0.3) is 0 Å². The Morgan fingerprint density at radius 1 is 1.29 bits per heavy atom. The van der Waals surface area contributed by atoms with Crippen molar-refractivity contribution in [3.8, 4) is 11.1 Å². The third-order valence-corrected chi connectivity index (χ3v) is 4.91. The highest BCUT2D eigenvalue weighted by molar-refractivity contribution is 6.30. The number of hydrogen-bond donors (Lipinski definition) is 1. The van der Waals surface area contributed by atoms with Crippen LogP contribution in [0.3, 0.4) is 0 Å². The predicted octanol–water partition coefficient (Wildman–Crippen LogP) is 4.97. The number of aryl methyl sites for hydroxylation is 1. The van der Waals surface area contributed by atoms with E-state index in [2.05, 4.69) is 15.4 Å². The average Bonchev–Trinajstić information content (AvgIpc) is 3.27. The van der Waals surface area contributed by atoms with Crippen LogP contribution in [0.1, 0.15) is 24.2 Å². The lowest BCUT2D eigenvalue weighted by Crippen LogP contribution is -2.20. The molecule has 1 aromatic carbocycles. The lowest BCUT2D eigenvalue weighted by Gasteiger charge is -2.13. The van der Waals surface area contributed by atoms with E-state index in [-0.39, 0.29) is 17.3 Å².